The molecule has 3 fully saturated rings. The average molecular weight is 429 g/mol. The number of hydrogen-bond acceptors (Lipinski definition) is 5. The Morgan fingerprint density at radius 2 is 1.77 bits per heavy atom. The minimum atomic E-state index is -0.505. The van der Waals surface area contributed by atoms with Gasteiger partial charge in [0.15, 0.2) is 0 Å². The fourth-order valence-corrected chi connectivity index (χ4v) is 4.07. The lowest BCUT2D eigenvalue weighted by molar-refractivity contribution is -0.0433. The zero-order valence-electron chi connectivity index (χ0n) is 20.0. The molecule has 3 aliphatic rings. The molecule has 0 aromatic heterocycles. The number of nitrogens with zero attached hydrogens (tertiary/aromatic N) is 1. The molecule has 6 nitrogen and oxygen atoms in total. The zero-order valence-corrected chi connectivity index (χ0v) is 20.0. The van der Waals surface area contributed by atoms with Crippen LogP contribution < -0.4 is 5.46 Å². The van der Waals surface area contributed by atoms with Crippen LogP contribution in [-0.4, -0.2) is 54.6 Å². The number of hydrogen-bond donors (Lipinski definition) is 0. The van der Waals surface area contributed by atoms with Crippen molar-refractivity contribution < 1.29 is 23.6 Å². The topological polar surface area (TPSA) is 57.2 Å². The van der Waals surface area contributed by atoms with E-state index in [0.29, 0.717) is 25.6 Å². The van der Waals surface area contributed by atoms with Gasteiger partial charge < -0.3 is 23.7 Å². The second kappa shape index (κ2) is 7.78. The molecule has 2 aliphatic heterocycles. The standard InChI is InChI=1S/C24H36BNO5/c1-22(2,3)29-21(27)26-12-13-28-20(15-26)17-10-11-19(18(14-17)16-8-9-16)25-30-23(4,5)24(6,7)31-25/h10-11,14,16,20H,8-9,12-13,15H2,1-7H3. The molecule has 7 heteroatoms. The van der Waals surface area contributed by atoms with Gasteiger partial charge in [0, 0.05) is 6.54 Å². The Bertz CT molecular complexity index is 827. The van der Waals surface area contributed by atoms with E-state index in [9.17, 15) is 4.79 Å². The van der Waals surface area contributed by atoms with Crippen LogP contribution in [-0.2, 0) is 18.8 Å². The molecule has 0 N–H and O–H groups in total. The van der Waals surface area contributed by atoms with E-state index in [1.807, 2.05) is 20.8 Å². The monoisotopic (exact) mass is 429 g/mol. The second-order valence-corrected chi connectivity index (χ2v) is 11.0. The van der Waals surface area contributed by atoms with Gasteiger partial charge in [0.1, 0.15) is 11.7 Å². The SMILES string of the molecule is CC(C)(C)OC(=O)N1CCOC(c2ccc(B3OC(C)(C)C(C)(C)O3)c(C3CC3)c2)C1. The first-order chi connectivity index (χ1) is 14.4. The molecule has 4 rings (SSSR count). The van der Waals surface area contributed by atoms with Crippen LogP contribution in [0.25, 0.3) is 0 Å². The fraction of sp³-hybridized carbons (Fsp3) is 0.708. The van der Waals surface area contributed by atoms with Crippen molar-refractivity contribution in [2.45, 2.75) is 90.1 Å². The van der Waals surface area contributed by atoms with Gasteiger partial charge in [-0.25, -0.2) is 4.79 Å². The van der Waals surface area contributed by atoms with Gasteiger partial charge in [-0.2, -0.15) is 0 Å². The van der Waals surface area contributed by atoms with E-state index < -0.39 is 5.60 Å². The lowest BCUT2D eigenvalue weighted by Gasteiger charge is -2.34. The lowest BCUT2D eigenvalue weighted by Crippen LogP contribution is -2.44. The highest BCUT2D eigenvalue weighted by molar-refractivity contribution is 6.62. The van der Waals surface area contributed by atoms with Gasteiger partial charge in [-0.3, -0.25) is 0 Å². The molecule has 0 spiro atoms. The zero-order chi connectivity index (χ0) is 22.6. The largest absolute Gasteiger partial charge is 0.495 e. The van der Waals surface area contributed by atoms with Crippen molar-refractivity contribution in [3.05, 3.63) is 29.3 Å². The molecular weight excluding hydrogens is 393 g/mol. The summed E-state index contributed by atoms with van der Waals surface area (Å²) < 4.78 is 24.3. The van der Waals surface area contributed by atoms with Crippen molar-refractivity contribution in [1.82, 2.24) is 4.90 Å². The minimum absolute atomic E-state index is 0.161. The smallest absolute Gasteiger partial charge is 0.444 e. The van der Waals surface area contributed by atoms with E-state index >= 15 is 0 Å². The predicted molar refractivity (Wildman–Crippen MR) is 121 cm³/mol. The molecule has 0 bridgehead atoms. The molecule has 1 aliphatic carbocycles. The fourth-order valence-electron chi connectivity index (χ4n) is 4.07. The summed E-state index contributed by atoms with van der Waals surface area (Å²) in [6, 6.07) is 6.46. The summed E-state index contributed by atoms with van der Waals surface area (Å²) >= 11 is 0. The van der Waals surface area contributed by atoms with Crippen molar-refractivity contribution in [2.75, 3.05) is 19.7 Å². The number of ether oxygens (including phenoxy) is 2. The number of benzene rings is 1. The molecule has 1 aromatic rings. The first-order valence-corrected chi connectivity index (χ1v) is 11.5. The van der Waals surface area contributed by atoms with E-state index in [-0.39, 0.29) is 30.5 Å². The van der Waals surface area contributed by atoms with Crippen LogP contribution in [0.3, 0.4) is 0 Å². The third-order valence-electron chi connectivity index (χ3n) is 6.73. The van der Waals surface area contributed by atoms with Gasteiger partial charge in [-0.05, 0) is 83.8 Å². The van der Waals surface area contributed by atoms with Crippen LogP contribution in [0.5, 0.6) is 0 Å². The minimum Gasteiger partial charge on any atom is -0.444 e. The van der Waals surface area contributed by atoms with Gasteiger partial charge in [0.25, 0.3) is 0 Å². The third kappa shape index (κ3) is 4.79. The third-order valence-corrected chi connectivity index (χ3v) is 6.73. The van der Waals surface area contributed by atoms with Crippen LogP contribution in [0, 0.1) is 0 Å². The Hall–Kier alpha value is -1.57. The van der Waals surface area contributed by atoms with Crippen LogP contribution in [0.2, 0.25) is 0 Å². The summed E-state index contributed by atoms with van der Waals surface area (Å²) in [5, 5.41) is 0. The van der Waals surface area contributed by atoms with Crippen LogP contribution >= 0.6 is 0 Å². The summed E-state index contributed by atoms with van der Waals surface area (Å²) in [5.74, 6) is 0.541. The normalized spacial score (nSPS) is 25.6. The number of amides is 1. The number of carbonyl (C=O) groups excluding carboxylic acids is 1. The molecule has 1 unspecified atom stereocenters. The van der Waals surface area contributed by atoms with Crippen LogP contribution in [0.4, 0.5) is 4.79 Å². The molecule has 1 saturated carbocycles. The van der Waals surface area contributed by atoms with Gasteiger partial charge >= 0.3 is 13.2 Å². The summed E-state index contributed by atoms with van der Waals surface area (Å²) in [5.41, 5.74) is 2.26. The highest BCUT2D eigenvalue weighted by Crippen LogP contribution is 2.42. The lowest BCUT2D eigenvalue weighted by atomic mass is 9.74. The summed E-state index contributed by atoms with van der Waals surface area (Å²) in [6.07, 6.45) is 1.93. The average Bonchev–Trinajstić information content (AvgIpc) is 3.47. The Morgan fingerprint density at radius 1 is 1.13 bits per heavy atom. The number of morpholine rings is 1. The van der Waals surface area contributed by atoms with Crippen molar-refractivity contribution in [3.8, 4) is 0 Å². The second-order valence-electron chi connectivity index (χ2n) is 11.0. The molecule has 1 aromatic carbocycles. The molecule has 0 radical (unpaired) electrons. The van der Waals surface area contributed by atoms with E-state index in [0.717, 1.165) is 11.0 Å². The van der Waals surface area contributed by atoms with E-state index in [4.69, 9.17) is 18.8 Å². The Morgan fingerprint density at radius 3 is 2.35 bits per heavy atom. The van der Waals surface area contributed by atoms with Crippen molar-refractivity contribution in [2.24, 2.45) is 0 Å². The van der Waals surface area contributed by atoms with E-state index in [2.05, 4.69) is 45.9 Å². The summed E-state index contributed by atoms with van der Waals surface area (Å²) in [4.78, 5) is 14.3. The maximum absolute atomic E-state index is 12.5. The first kappa shape index (κ1) is 22.6. The van der Waals surface area contributed by atoms with Crippen molar-refractivity contribution in [3.63, 3.8) is 0 Å². The summed E-state index contributed by atoms with van der Waals surface area (Å²) in [6.45, 7) is 15.5. The Balaban J connectivity index is 1.54. The molecule has 170 valence electrons. The van der Waals surface area contributed by atoms with Gasteiger partial charge in [-0.1, -0.05) is 18.2 Å². The summed E-state index contributed by atoms with van der Waals surface area (Å²) in [7, 11) is -0.361. The molecular formula is C24H36BNO5. The Kier molecular flexibility index (Phi) is 5.68. The molecule has 31 heavy (non-hydrogen) atoms. The van der Waals surface area contributed by atoms with Gasteiger partial charge in [0.05, 0.1) is 24.4 Å². The highest BCUT2D eigenvalue weighted by atomic mass is 16.7. The number of carbonyl (C=O) groups is 1. The van der Waals surface area contributed by atoms with Crippen LogP contribution in [0.15, 0.2) is 18.2 Å². The quantitative estimate of drug-likeness (QED) is 0.675. The molecule has 1 atom stereocenters. The molecule has 2 saturated heterocycles. The number of rotatable bonds is 3. The van der Waals surface area contributed by atoms with Gasteiger partial charge in [0.2, 0.25) is 0 Å². The van der Waals surface area contributed by atoms with Crippen molar-refractivity contribution in [1.29, 1.82) is 0 Å². The Labute approximate surface area is 186 Å². The van der Waals surface area contributed by atoms with Crippen molar-refractivity contribution >= 4 is 18.7 Å². The van der Waals surface area contributed by atoms with Crippen LogP contribution in [0.1, 0.15) is 84.5 Å². The maximum Gasteiger partial charge on any atom is 0.495 e. The predicted octanol–water partition coefficient (Wildman–Crippen LogP) is 4.17. The van der Waals surface area contributed by atoms with Gasteiger partial charge in [-0.15, -0.1) is 0 Å². The molecule has 1 amide bonds. The van der Waals surface area contributed by atoms with E-state index in [1.165, 1.54) is 18.4 Å². The molecule has 2 heterocycles. The maximum atomic E-state index is 12.5. The highest BCUT2D eigenvalue weighted by Gasteiger charge is 2.52. The van der Waals surface area contributed by atoms with E-state index in [1.54, 1.807) is 4.90 Å². The first-order valence-electron chi connectivity index (χ1n) is 11.5.